The highest BCUT2D eigenvalue weighted by Crippen LogP contribution is 2.42. The molecule has 0 amide bonds. The van der Waals surface area contributed by atoms with Crippen LogP contribution in [0.3, 0.4) is 0 Å². The van der Waals surface area contributed by atoms with Crippen molar-refractivity contribution >= 4 is 5.69 Å². The Kier molecular flexibility index (Phi) is 2.58. The van der Waals surface area contributed by atoms with Crippen LogP contribution in [-0.4, -0.2) is 30.6 Å². The lowest BCUT2D eigenvalue weighted by molar-refractivity contribution is 0.237. The molecule has 2 fully saturated rings. The number of nitrogens with one attached hydrogen (secondary N) is 1. The summed E-state index contributed by atoms with van der Waals surface area (Å²) in [6.07, 6.45) is 5.78. The number of para-hydroxylation sites is 1. The number of hydrogen-bond acceptors (Lipinski definition) is 2. The molecule has 3 aliphatic rings. The molecule has 0 radical (unpaired) electrons. The van der Waals surface area contributed by atoms with Crippen LogP contribution in [0.15, 0.2) is 24.3 Å². The molecule has 2 atom stereocenters. The lowest BCUT2D eigenvalue weighted by Crippen LogP contribution is -2.31. The fourth-order valence-electron chi connectivity index (χ4n) is 4.25. The SMILES string of the molecule is c1ccc2c(c1)NC[C@@H]1CN(C3CCCC3)C[C@@H]21. The molecule has 1 N–H and O–H groups in total. The first-order chi connectivity index (χ1) is 8.92. The minimum atomic E-state index is 0.781. The Morgan fingerprint density at radius 1 is 1.06 bits per heavy atom. The van der Waals surface area contributed by atoms with Gasteiger partial charge < -0.3 is 5.32 Å². The first kappa shape index (κ1) is 10.9. The second-order valence-corrected chi connectivity index (χ2v) is 6.23. The van der Waals surface area contributed by atoms with E-state index in [0.29, 0.717) is 0 Å². The molecule has 2 aliphatic heterocycles. The minimum Gasteiger partial charge on any atom is -0.384 e. The fraction of sp³-hybridized carbons (Fsp3) is 0.625. The van der Waals surface area contributed by atoms with Gasteiger partial charge in [0.1, 0.15) is 0 Å². The highest BCUT2D eigenvalue weighted by atomic mass is 15.2. The number of nitrogens with zero attached hydrogens (tertiary/aromatic N) is 1. The van der Waals surface area contributed by atoms with Crippen molar-refractivity contribution < 1.29 is 0 Å². The normalized spacial score (nSPS) is 32.0. The fourth-order valence-corrected chi connectivity index (χ4v) is 4.25. The van der Waals surface area contributed by atoms with Crippen LogP contribution in [-0.2, 0) is 0 Å². The Morgan fingerprint density at radius 2 is 1.89 bits per heavy atom. The first-order valence-corrected chi connectivity index (χ1v) is 7.48. The predicted octanol–water partition coefficient (Wildman–Crippen LogP) is 3.07. The average molecular weight is 242 g/mol. The zero-order chi connectivity index (χ0) is 11.9. The van der Waals surface area contributed by atoms with E-state index in [2.05, 4.69) is 34.5 Å². The maximum Gasteiger partial charge on any atom is 0.0376 e. The molecule has 18 heavy (non-hydrogen) atoms. The summed E-state index contributed by atoms with van der Waals surface area (Å²) < 4.78 is 0. The summed E-state index contributed by atoms with van der Waals surface area (Å²) in [6.45, 7) is 3.79. The molecule has 4 rings (SSSR count). The summed E-state index contributed by atoms with van der Waals surface area (Å²) in [6, 6.07) is 9.81. The summed E-state index contributed by atoms with van der Waals surface area (Å²) in [4.78, 5) is 2.78. The number of rotatable bonds is 1. The maximum absolute atomic E-state index is 3.62. The molecule has 0 bridgehead atoms. The third-order valence-corrected chi connectivity index (χ3v) is 5.23. The predicted molar refractivity (Wildman–Crippen MR) is 75.0 cm³/mol. The number of anilines is 1. The van der Waals surface area contributed by atoms with Gasteiger partial charge in [0.05, 0.1) is 0 Å². The van der Waals surface area contributed by atoms with Crippen molar-refractivity contribution in [3.8, 4) is 0 Å². The Bertz CT molecular complexity index is 436. The van der Waals surface area contributed by atoms with E-state index in [1.807, 2.05) is 0 Å². The quantitative estimate of drug-likeness (QED) is 0.814. The number of fused-ring (bicyclic) bond motifs is 3. The van der Waals surface area contributed by atoms with Gasteiger partial charge in [-0.1, -0.05) is 31.0 Å². The van der Waals surface area contributed by atoms with Crippen LogP contribution in [0.2, 0.25) is 0 Å². The molecular formula is C16H22N2. The second-order valence-electron chi connectivity index (χ2n) is 6.23. The van der Waals surface area contributed by atoms with E-state index in [1.165, 1.54) is 51.0 Å². The summed E-state index contributed by atoms with van der Waals surface area (Å²) in [5.41, 5.74) is 2.95. The zero-order valence-corrected chi connectivity index (χ0v) is 10.9. The van der Waals surface area contributed by atoms with Crippen molar-refractivity contribution in [3.63, 3.8) is 0 Å². The smallest absolute Gasteiger partial charge is 0.0376 e. The van der Waals surface area contributed by atoms with Crippen LogP contribution < -0.4 is 5.32 Å². The molecule has 0 aromatic heterocycles. The van der Waals surface area contributed by atoms with Gasteiger partial charge in [0.25, 0.3) is 0 Å². The van der Waals surface area contributed by atoms with Crippen LogP contribution in [0, 0.1) is 5.92 Å². The standard InChI is InChI=1S/C16H22N2/c1-2-6-13(5-1)18-10-12-9-17-16-8-4-3-7-14(16)15(12)11-18/h3-4,7-8,12-13,15,17H,1-2,5-6,9-11H2/t12-,15-/m1/s1. The van der Waals surface area contributed by atoms with E-state index < -0.39 is 0 Å². The van der Waals surface area contributed by atoms with E-state index in [0.717, 1.165) is 17.9 Å². The molecule has 1 aromatic rings. The zero-order valence-electron chi connectivity index (χ0n) is 10.9. The maximum atomic E-state index is 3.62. The van der Waals surface area contributed by atoms with Crippen molar-refractivity contribution in [1.82, 2.24) is 4.90 Å². The van der Waals surface area contributed by atoms with Gasteiger partial charge in [0, 0.05) is 37.3 Å². The second kappa shape index (κ2) is 4.27. The van der Waals surface area contributed by atoms with E-state index in [9.17, 15) is 0 Å². The minimum absolute atomic E-state index is 0.781. The molecule has 2 heterocycles. The summed E-state index contributed by atoms with van der Waals surface area (Å²) >= 11 is 0. The third-order valence-electron chi connectivity index (χ3n) is 5.23. The van der Waals surface area contributed by atoms with Gasteiger partial charge in [0.15, 0.2) is 0 Å². The molecule has 2 heteroatoms. The Balaban J connectivity index is 1.58. The van der Waals surface area contributed by atoms with E-state index in [4.69, 9.17) is 0 Å². The Morgan fingerprint density at radius 3 is 2.78 bits per heavy atom. The van der Waals surface area contributed by atoms with Gasteiger partial charge in [-0.3, -0.25) is 4.90 Å². The molecule has 1 saturated heterocycles. The van der Waals surface area contributed by atoms with Crippen LogP contribution in [0.4, 0.5) is 5.69 Å². The van der Waals surface area contributed by atoms with Crippen LogP contribution in [0.1, 0.15) is 37.2 Å². The van der Waals surface area contributed by atoms with E-state index >= 15 is 0 Å². The van der Waals surface area contributed by atoms with Gasteiger partial charge in [-0.15, -0.1) is 0 Å². The summed E-state index contributed by atoms with van der Waals surface area (Å²) in [5, 5.41) is 3.62. The highest BCUT2D eigenvalue weighted by molar-refractivity contribution is 5.55. The monoisotopic (exact) mass is 242 g/mol. The molecular weight excluding hydrogens is 220 g/mol. The molecule has 1 aliphatic carbocycles. The van der Waals surface area contributed by atoms with Crippen LogP contribution in [0.5, 0.6) is 0 Å². The molecule has 96 valence electrons. The molecule has 1 saturated carbocycles. The number of hydrogen-bond donors (Lipinski definition) is 1. The van der Waals surface area contributed by atoms with Crippen molar-refractivity contribution in [3.05, 3.63) is 29.8 Å². The van der Waals surface area contributed by atoms with Crippen molar-refractivity contribution in [2.45, 2.75) is 37.6 Å². The number of likely N-dealkylation sites (tertiary alicyclic amines) is 1. The van der Waals surface area contributed by atoms with Crippen LogP contribution >= 0.6 is 0 Å². The van der Waals surface area contributed by atoms with Gasteiger partial charge in [-0.2, -0.15) is 0 Å². The van der Waals surface area contributed by atoms with Gasteiger partial charge in [0.2, 0.25) is 0 Å². The Labute approximate surface area is 109 Å². The molecule has 1 aromatic carbocycles. The van der Waals surface area contributed by atoms with Crippen molar-refractivity contribution in [1.29, 1.82) is 0 Å². The molecule has 0 unspecified atom stereocenters. The van der Waals surface area contributed by atoms with E-state index in [-0.39, 0.29) is 0 Å². The van der Waals surface area contributed by atoms with Crippen LogP contribution in [0.25, 0.3) is 0 Å². The third kappa shape index (κ3) is 1.66. The van der Waals surface area contributed by atoms with Gasteiger partial charge in [-0.05, 0) is 30.4 Å². The van der Waals surface area contributed by atoms with Crippen molar-refractivity contribution in [2.24, 2.45) is 5.92 Å². The van der Waals surface area contributed by atoms with Gasteiger partial charge in [-0.25, -0.2) is 0 Å². The Hall–Kier alpha value is -1.02. The lowest BCUT2D eigenvalue weighted by Gasteiger charge is -2.28. The average Bonchev–Trinajstić information content (AvgIpc) is 3.07. The van der Waals surface area contributed by atoms with Gasteiger partial charge >= 0.3 is 0 Å². The largest absolute Gasteiger partial charge is 0.384 e. The first-order valence-electron chi connectivity index (χ1n) is 7.48. The molecule has 2 nitrogen and oxygen atoms in total. The number of benzene rings is 1. The van der Waals surface area contributed by atoms with E-state index in [1.54, 1.807) is 5.56 Å². The van der Waals surface area contributed by atoms with Crippen molar-refractivity contribution in [2.75, 3.05) is 25.0 Å². The highest BCUT2D eigenvalue weighted by Gasteiger charge is 2.40. The summed E-state index contributed by atoms with van der Waals surface area (Å²) in [7, 11) is 0. The molecule has 0 spiro atoms. The lowest BCUT2D eigenvalue weighted by atomic mass is 9.85. The summed E-state index contributed by atoms with van der Waals surface area (Å²) in [5.74, 6) is 1.61. The topological polar surface area (TPSA) is 15.3 Å².